The highest BCUT2D eigenvalue weighted by Crippen LogP contribution is 2.08. The molecule has 1 aromatic heterocycles. The molecule has 0 fully saturated rings. The van der Waals surface area contributed by atoms with Crippen molar-refractivity contribution < 1.29 is 14.3 Å². The van der Waals surface area contributed by atoms with Gasteiger partial charge in [-0.2, -0.15) is 0 Å². The van der Waals surface area contributed by atoms with Gasteiger partial charge in [0.15, 0.2) is 5.69 Å². The first-order valence-corrected chi connectivity index (χ1v) is 4.76. The van der Waals surface area contributed by atoms with E-state index in [2.05, 4.69) is 14.9 Å². The molecule has 0 atom stereocenters. The summed E-state index contributed by atoms with van der Waals surface area (Å²) < 4.78 is 9.78. The molecule has 1 heterocycles. The molecule has 1 aromatic rings. The highest BCUT2D eigenvalue weighted by atomic mass is 16.5. The molecule has 0 unspecified atom stereocenters. The van der Waals surface area contributed by atoms with Crippen LogP contribution in [0, 0.1) is 0 Å². The summed E-state index contributed by atoms with van der Waals surface area (Å²) in [7, 11) is 1.28. The Balaban J connectivity index is 2.62. The van der Waals surface area contributed by atoms with E-state index in [1.165, 1.54) is 13.2 Å². The molecule has 6 heteroatoms. The number of nitrogens with zero attached hydrogens (tertiary/aromatic N) is 2. The Labute approximate surface area is 93.8 Å². The van der Waals surface area contributed by atoms with Crippen LogP contribution >= 0.6 is 0 Å². The van der Waals surface area contributed by atoms with Gasteiger partial charge in [-0.15, -0.1) is 10.2 Å². The molecule has 0 spiro atoms. The predicted octanol–water partition coefficient (Wildman–Crippen LogP) is 0.379. The number of carbonyl (C=O) groups excluding carboxylic acids is 1. The number of esters is 1. The Morgan fingerprint density at radius 2 is 2.12 bits per heavy atom. The Hall–Kier alpha value is -1.69. The summed E-state index contributed by atoms with van der Waals surface area (Å²) in [5.74, 6) is -0.204. The number of hydrogen-bond acceptors (Lipinski definition) is 6. The van der Waals surface area contributed by atoms with Gasteiger partial charge >= 0.3 is 5.97 Å². The molecule has 0 saturated heterocycles. The fraction of sp³-hybridized carbons (Fsp3) is 0.500. The van der Waals surface area contributed by atoms with Crippen molar-refractivity contribution >= 4 is 5.97 Å². The average Bonchev–Trinajstić information content (AvgIpc) is 2.25. The van der Waals surface area contributed by atoms with E-state index in [1.54, 1.807) is 6.07 Å². The molecule has 1 rings (SSSR count). The lowest BCUT2D eigenvalue weighted by molar-refractivity contribution is 0.0592. The van der Waals surface area contributed by atoms with Gasteiger partial charge in [0.25, 0.3) is 0 Å². The Morgan fingerprint density at radius 1 is 1.44 bits per heavy atom. The smallest absolute Gasteiger partial charge is 0.358 e. The first kappa shape index (κ1) is 12.4. The van der Waals surface area contributed by atoms with Crippen LogP contribution in [-0.4, -0.2) is 35.4 Å². The first-order valence-electron chi connectivity index (χ1n) is 4.76. The molecule has 0 aliphatic heterocycles. The Bertz CT molecular complexity index is 357. The molecule has 0 radical (unpaired) electrons. The Morgan fingerprint density at radius 3 is 2.56 bits per heavy atom. The summed E-state index contributed by atoms with van der Waals surface area (Å²) in [6.07, 6.45) is 0. The van der Waals surface area contributed by atoms with Crippen LogP contribution in [0.1, 0.15) is 24.3 Å². The summed E-state index contributed by atoms with van der Waals surface area (Å²) in [5.41, 5.74) is 5.43. The van der Waals surface area contributed by atoms with Gasteiger partial charge in [-0.05, 0) is 19.9 Å². The van der Waals surface area contributed by atoms with Crippen molar-refractivity contribution in [1.82, 2.24) is 10.2 Å². The largest absolute Gasteiger partial charge is 0.475 e. The highest BCUT2D eigenvalue weighted by molar-refractivity contribution is 5.86. The average molecular weight is 225 g/mol. The molecular formula is C10H15N3O3. The van der Waals surface area contributed by atoms with E-state index >= 15 is 0 Å². The van der Waals surface area contributed by atoms with E-state index < -0.39 is 11.5 Å². The van der Waals surface area contributed by atoms with Crippen LogP contribution in [0.4, 0.5) is 0 Å². The molecule has 0 aliphatic carbocycles. The van der Waals surface area contributed by atoms with Gasteiger partial charge < -0.3 is 15.2 Å². The van der Waals surface area contributed by atoms with Gasteiger partial charge in [0.1, 0.15) is 6.61 Å². The lowest BCUT2D eigenvalue weighted by atomic mass is 10.1. The second-order valence-electron chi connectivity index (χ2n) is 4.03. The van der Waals surface area contributed by atoms with Crippen molar-refractivity contribution in [3.63, 3.8) is 0 Å². The molecule has 0 aromatic carbocycles. The van der Waals surface area contributed by atoms with E-state index in [0.717, 1.165) is 0 Å². The van der Waals surface area contributed by atoms with Crippen molar-refractivity contribution in [1.29, 1.82) is 0 Å². The fourth-order valence-corrected chi connectivity index (χ4v) is 0.870. The lowest BCUT2D eigenvalue weighted by Gasteiger charge is -2.17. The van der Waals surface area contributed by atoms with Crippen LogP contribution in [0.5, 0.6) is 5.88 Å². The van der Waals surface area contributed by atoms with Gasteiger partial charge in [-0.1, -0.05) is 0 Å². The molecule has 6 nitrogen and oxygen atoms in total. The lowest BCUT2D eigenvalue weighted by Crippen LogP contribution is -2.38. The van der Waals surface area contributed by atoms with Crippen molar-refractivity contribution in [2.45, 2.75) is 19.4 Å². The monoisotopic (exact) mass is 225 g/mol. The molecule has 0 bridgehead atoms. The minimum absolute atomic E-state index is 0.141. The quantitative estimate of drug-likeness (QED) is 0.745. The fourth-order valence-electron chi connectivity index (χ4n) is 0.870. The standard InChI is InChI=1S/C10H15N3O3/c1-10(2,11)6-16-8-5-4-7(12-13-8)9(14)15-3/h4-5H,6,11H2,1-3H3. The van der Waals surface area contributed by atoms with Gasteiger partial charge in [-0.25, -0.2) is 4.79 Å². The van der Waals surface area contributed by atoms with Crippen LogP contribution in [-0.2, 0) is 4.74 Å². The van der Waals surface area contributed by atoms with Gasteiger partial charge in [0.05, 0.1) is 7.11 Å². The van der Waals surface area contributed by atoms with Crippen molar-refractivity contribution in [2.24, 2.45) is 5.73 Å². The molecule has 16 heavy (non-hydrogen) atoms. The van der Waals surface area contributed by atoms with E-state index in [-0.39, 0.29) is 5.69 Å². The van der Waals surface area contributed by atoms with Gasteiger partial charge in [-0.3, -0.25) is 0 Å². The summed E-state index contributed by atoms with van der Waals surface area (Å²) >= 11 is 0. The third-order valence-corrected chi connectivity index (χ3v) is 1.63. The number of hydrogen-bond donors (Lipinski definition) is 1. The number of carbonyl (C=O) groups is 1. The third-order valence-electron chi connectivity index (χ3n) is 1.63. The zero-order valence-corrected chi connectivity index (χ0v) is 9.56. The zero-order valence-electron chi connectivity index (χ0n) is 9.56. The van der Waals surface area contributed by atoms with Crippen molar-refractivity contribution in [2.75, 3.05) is 13.7 Å². The van der Waals surface area contributed by atoms with E-state index in [1.807, 2.05) is 13.8 Å². The van der Waals surface area contributed by atoms with E-state index in [4.69, 9.17) is 10.5 Å². The maximum absolute atomic E-state index is 11.1. The van der Waals surface area contributed by atoms with Gasteiger partial charge in [0.2, 0.25) is 5.88 Å². The highest BCUT2D eigenvalue weighted by Gasteiger charge is 2.13. The summed E-state index contributed by atoms with van der Waals surface area (Å²) in [6, 6.07) is 3.03. The second kappa shape index (κ2) is 4.89. The first-order chi connectivity index (χ1) is 7.42. The molecule has 88 valence electrons. The predicted molar refractivity (Wildman–Crippen MR) is 57.1 cm³/mol. The minimum Gasteiger partial charge on any atom is -0.475 e. The van der Waals surface area contributed by atoms with Crippen LogP contribution in [0.3, 0.4) is 0 Å². The Kier molecular flexibility index (Phi) is 3.78. The summed E-state index contributed by atoms with van der Waals surface area (Å²) in [6.45, 7) is 3.99. The van der Waals surface area contributed by atoms with E-state index in [9.17, 15) is 4.79 Å². The third kappa shape index (κ3) is 3.82. The number of methoxy groups -OCH3 is 1. The second-order valence-corrected chi connectivity index (χ2v) is 4.03. The molecule has 0 amide bonds. The maximum atomic E-state index is 11.1. The van der Waals surface area contributed by atoms with Crippen molar-refractivity contribution in [3.8, 4) is 5.88 Å². The maximum Gasteiger partial charge on any atom is 0.358 e. The van der Waals surface area contributed by atoms with Crippen LogP contribution in [0.25, 0.3) is 0 Å². The van der Waals surface area contributed by atoms with Gasteiger partial charge in [0, 0.05) is 11.6 Å². The topological polar surface area (TPSA) is 87.3 Å². The van der Waals surface area contributed by atoms with Crippen LogP contribution in [0.2, 0.25) is 0 Å². The summed E-state index contributed by atoms with van der Waals surface area (Å²) in [4.78, 5) is 11.1. The summed E-state index contributed by atoms with van der Waals surface area (Å²) in [5, 5.41) is 7.38. The number of ether oxygens (including phenoxy) is 2. The molecule has 0 saturated carbocycles. The SMILES string of the molecule is COC(=O)c1ccc(OCC(C)(C)N)nn1. The normalized spacial score (nSPS) is 11.0. The van der Waals surface area contributed by atoms with E-state index in [0.29, 0.717) is 12.5 Å². The number of nitrogens with two attached hydrogens (primary N) is 1. The minimum atomic E-state index is -0.529. The van der Waals surface area contributed by atoms with Crippen molar-refractivity contribution in [3.05, 3.63) is 17.8 Å². The number of aromatic nitrogens is 2. The number of rotatable bonds is 4. The van der Waals surface area contributed by atoms with Crippen LogP contribution in [0.15, 0.2) is 12.1 Å². The molecule has 0 aliphatic rings. The zero-order chi connectivity index (χ0) is 12.2. The van der Waals surface area contributed by atoms with Crippen LogP contribution < -0.4 is 10.5 Å². The molecule has 2 N–H and O–H groups in total. The molecular weight excluding hydrogens is 210 g/mol.